The van der Waals surface area contributed by atoms with Crippen molar-refractivity contribution >= 4 is 11.4 Å². The van der Waals surface area contributed by atoms with Gasteiger partial charge in [-0.15, -0.1) is 0 Å². The largest absolute Gasteiger partial charge is 0.371 e. The number of aryl methyl sites for hydroxylation is 1. The van der Waals surface area contributed by atoms with Crippen molar-refractivity contribution in [3.8, 4) is 0 Å². The van der Waals surface area contributed by atoms with Crippen LogP contribution in [0.2, 0.25) is 0 Å². The van der Waals surface area contributed by atoms with E-state index in [4.69, 9.17) is 0 Å². The maximum Gasteiger partial charge on any atom is 0.0644 e. The van der Waals surface area contributed by atoms with E-state index < -0.39 is 0 Å². The maximum absolute atomic E-state index is 2.72. The Bertz CT molecular complexity index is 798. The van der Waals surface area contributed by atoms with E-state index in [0.717, 1.165) is 19.5 Å². The molecule has 0 spiro atoms. The van der Waals surface area contributed by atoms with Gasteiger partial charge in [0.05, 0.1) is 11.4 Å². The first-order chi connectivity index (χ1) is 12.7. The number of anilines is 2. The fourth-order valence-corrected chi connectivity index (χ4v) is 5.26. The number of hydrogen-bond donors (Lipinski definition) is 0. The third-order valence-electron chi connectivity index (χ3n) is 6.72. The van der Waals surface area contributed by atoms with Crippen LogP contribution in [0, 0.1) is 0 Å². The summed E-state index contributed by atoms with van der Waals surface area (Å²) < 4.78 is 0. The summed E-state index contributed by atoms with van der Waals surface area (Å²) in [5, 5.41) is 0. The molecule has 0 radical (unpaired) electrons. The number of nitrogens with zero attached hydrogens (tertiary/aromatic N) is 3. The van der Waals surface area contributed by atoms with Gasteiger partial charge in [0.1, 0.15) is 0 Å². The van der Waals surface area contributed by atoms with Gasteiger partial charge >= 0.3 is 0 Å². The molecule has 0 aromatic heterocycles. The smallest absolute Gasteiger partial charge is 0.0644 e. The molecule has 26 heavy (non-hydrogen) atoms. The number of likely N-dealkylation sites (N-methyl/N-ethyl adjacent to an activating group) is 1. The molecule has 0 amide bonds. The molecule has 1 saturated heterocycles. The highest BCUT2D eigenvalue weighted by Crippen LogP contribution is 2.50. The molecule has 2 aromatic rings. The Morgan fingerprint density at radius 3 is 2.58 bits per heavy atom. The number of para-hydroxylation sites is 1. The molecule has 0 bridgehead atoms. The fraction of sp³-hybridized carbons (Fsp3) is 0.478. The van der Waals surface area contributed by atoms with E-state index in [0.29, 0.717) is 12.0 Å². The Morgan fingerprint density at radius 1 is 0.962 bits per heavy atom. The molecule has 3 heterocycles. The molecule has 3 aliphatic rings. The van der Waals surface area contributed by atoms with Crippen LogP contribution >= 0.6 is 0 Å². The average Bonchev–Trinajstić information content (AvgIpc) is 3.00. The number of rotatable bonds is 3. The van der Waals surface area contributed by atoms with Crippen LogP contribution in [-0.4, -0.2) is 44.2 Å². The Hall–Kier alpha value is -2.00. The monoisotopic (exact) mass is 347 g/mol. The summed E-state index contributed by atoms with van der Waals surface area (Å²) >= 11 is 0. The Balaban J connectivity index is 1.38. The zero-order valence-electron chi connectivity index (χ0n) is 16.0. The summed E-state index contributed by atoms with van der Waals surface area (Å²) in [5.74, 6) is 0.667. The van der Waals surface area contributed by atoms with Gasteiger partial charge in [0.25, 0.3) is 0 Å². The number of hydrogen-bond acceptors (Lipinski definition) is 3. The maximum atomic E-state index is 2.72. The van der Waals surface area contributed by atoms with Gasteiger partial charge in [0.15, 0.2) is 0 Å². The van der Waals surface area contributed by atoms with Crippen LogP contribution in [0.4, 0.5) is 11.4 Å². The Morgan fingerprint density at radius 2 is 1.77 bits per heavy atom. The lowest BCUT2D eigenvalue weighted by Crippen LogP contribution is -2.49. The minimum Gasteiger partial charge on any atom is -0.371 e. The lowest BCUT2D eigenvalue weighted by Gasteiger charge is -2.41. The van der Waals surface area contributed by atoms with Crippen molar-refractivity contribution in [1.82, 2.24) is 4.90 Å². The van der Waals surface area contributed by atoms with Crippen LogP contribution in [0.3, 0.4) is 0 Å². The number of benzene rings is 2. The van der Waals surface area contributed by atoms with Crippen LogP contribution < -0.4 is 9.80 Å². The fourth-order valence-electron chi connectivity index (χ4n) is 5.26. The molecule has 2 atom stereocenters. The van der Waals surface area contributed by atoms with Crippen molar-refractivity contribution < 1.29 is 0 Å². The number of piperidine rings is 1. The van der Waals surface area contributed by atoms with Gasteiger partial charge in [-0.1, -0.05) is 43.3 Å². The lowest BCUT2D eigenvalue weighted by molar-refractivity contribution is 0.186. The van der Waals surface area contributed by atoms with E-state index >= 15 is 0 Å². The first-order valence-corrected chi connectivity index (χ1v) is 10.2. The molecule has 0 saturated carbocycles. The quantitative estimate of drug-likeness (QED) is 0.834. The van der Waals surface area contributed by atoms with Crippen molar-refractivity contribution in [3.63, 3.8) is 0 Å². The van der Waals surface area contributed by atoms with Gasteiger partial charge in [-0.25, -0.2) is 0 Å². The topological polar surface area (TPSA) is 9.72 Å². The number of fused-ring (bicyclic) bond motifs is 3. The molecule has 0 N–H and O–H groups in total. The van der Waals surface area contributed by atoms with E-state index in [1.54, 1.807) is 5.56 Å². The molecule has 2 aromatic carbocycles. The second-order valence-corrected chi connectivity index (χ2v) is 8.20. The van der Waals surface area contributed by atoms with Crippen molar-refractivity contribution in [1.29, 1.82) is 0 Å². The Labute approximate surface area is 157 Å². The third kappa shape index (κ3) is 2.52. The van der Waals surface area contributed by atoms with Gasteiger partial charge in [0, 0.05) is 51.7 Å². The van der Waals surface area contributed by atoms with Gasteiger partial charge in [0.2, 0.25) is 0 Å². The summed E-state index contributed by atoms with van der Waals surface area (Å²) in [6.07, 6.45) is 2.41. The van der Waals surface area contributed by atoms with Crippen molar-refractivity contribution in [2.24, 2.45) is 0 Å². The second-order valence-electron chi connectivity index (χ2n) is 8.20. The highest BCUT2D eigenvalue weighted by atomic mass is 15.3. The van der Waals surface area contributed by atoms with Crippen LogP contribution in [0.15, 0.2) is 42.5 Å². The predicted molar refractivity (Wildman–Crippen MR) is 109 cm³/mol. The van der Waals surface area contributed by atoms with Gasteiger partial charge in [-0.2, -0.15) is 0 Å². The van der Waals surface area contributed by atoms with Crippen LogP contribution in [0.5, 0.6) is 0 Å². The number of likely N-dealkylation sites (tertiary alicyclic amines) is 1. The van der Waals surface area contributed by atoms with Gasteiger partial charge in [-0.3, -0.25) is 4.90 Å². The molecular formula is C23H29N3. The van der Waals surface area contributed by atoms with Crippen molar-refractivity contribution in [2.45, 2.75) is 38.3 Å². The lowest BCUT2D eigenvalue weighted by atomic mass is 9.88. The minimum absolute atomic E-state index is 0.667. The van der Waals surface area contributed by atoms with E-state index in [2.05, 4.69) is 71.1 Å². The molecule has 1 fully saturated rings. The molecule has 136 valence electrons. The summed E-state index contributed by atoms with van der Waals surface area (Å²) in [4.78, 5) is 7.83. The van der Waals surface area contributed by atoms with Gasteiger partial charge < -0.3 is 9.80 Å². The molecule has 0 unspecified atom stereocenters. The first kappa shape index (κ1) is 16.2. The molecular weight excluding hydrogens is 318 g/mol. The van der Waals surface area contributed by atoms with Gasteiger partial charge in [-0.05, 0) is 35.6 Å². The zero-order valence-corrected chi connectivity index (χ0v) is 16.0. The SMILES string of the molecule is CCc1ccc(CN2CC[C@H]3[C@@H](C2)c2cccc4c2N3CCN4C)cc1. The molecule has 3 nitrogen and oxygen atoms in total. The zero-order chi connectivity index (χ0) is 17.7. The van der Waals surface area contributed by atoms with E-state index in [9.17, 15) is 0 Å². The first-order valence-electron chi connectivity index (χ1n) is 10.2. The minimum atomic E-state index is 0.667. The standard InChI is InChI=1S/C23H29N3/c1-3-17-7-9-18(10-8-17)15-25-12-11-21-20(16-25)19-5-4-6-22-23(19)26(21)14-13-24(22)2/h4-10,20-21H,3,11-16H2,1-2H3/t20-,21-/m0/s1. The Kier molecular flexibility index (Phi) is 3.93. The predicted octanol–water partition coefficient (Wildman–Crippen LogP) is 3.88. The van der Waals surface area contributed by atoms with Crippen LogP contribution in [0.1, 0.15) is 36.0 Å². The summed E-state index contributed by atoms with van der Waals surface area (Å²) in [6, 6.07) is 16.9. The highest BCUT2D eigenvalue weighted by molar-refractivity contribution is 5.80. The summed E-state index contributed by atoms with van der Waals surface area (Å²) in [7, 11) is 2.24. The normalized spacial score (nSPS) is 24.5. The molecule has 3 aliphatic heterocycles. The van der Waals surface area contributed by atoms with Crippen LogP contribution in [0.25, 0.3) is 0 Å². The van der Waals surface area contributed by atoms with E-state index in [1.165, 1.54) is 48.6 Å². The highest BCUT2D eigenvalue weighted by Gasteiger charge is 2.44. The third-order valence-corrected chi connectivity index (χ3v) is 6.72. The van der Waals surface area contributed by atoms with Crippen molar-refractivity contribution in [3.05, 3.63) is 59.2 Å². The summed E-state index contributed by atoms with van der Waals surface area (Å²) in [6.45, 7) is 8.04. The second kappa shape index (κ2) is 6.31. The summed E-state index contributed by atoms with van der Waals surface area (Å²) in [5.41, 5.74) is 7.44. The van der Waals surface area contributed by atoms with E-state index in [-0.39, 0.29) is 0 Å². The van der Waals surface area contributed by atoms with E-state index in [1.807, 2.05) is 0 Å². The molecule has 0 aliphatic carbocycles. The van der Waals surface area contributed by atoms with Crippen molar-refractivity contribution in [2.75, 3.05) is 43.0 Å². The average molecular weight is 348 g/mol. The molecule has 5 rings (SSSR count). The molecule has 3 heteroatoms. The van der Waals surface area contributed by atoms with Crippen LogP contribution in [-0.2, 0) is 13.0 Å².